The van der Waals surface area contributed by atoms with Crippen LogP contribution < -0.4 is 9.64 Å². The van der Waals surface area contributed by atoms with Crippen LogP contribution in [0.15, 0.2) is 71.3 Å². The Morgan fingerprint density at radius 2 is 1.72 bits per heavy atom. The highest BCUT2D eigenvalue weighted by Gasteiger charge is 2.23. The Labute approximate surface area is 194 Å². The third kappa shape index (κ3) is 3.82. The van der Waals surface area contributed by atoms with E-state index in [0.29, 0.717) is 24.3 Å². The molecule has 1 fully saturated rings. The molecule has 0 radical (unpaired) electrons. The summed E-state index contributed by atoms with van der Waals surface area (Å²) in [7, 11) is 1.66. The topological polar surface area (TPSA) is 63.0 Å². The third-order valence-electron chi connectivity index (χ3n) is 5.78. The Kier molecular flexibility index (Phi) is 5.53. The zero-order valence-electron chi connectivity index (χ0n) is 17.6. The van der Waals surface area contributed by atoms with Gasteiger partial charge in [0, 0.05) is 53.7 Å². The number of rotatable bonds is 4. The lowest BCUT2D eigenvalue weighted by atomic mass is 10.2. The van der Waals surface area contributed by atoms with Crippen LogP contribution in [0.1, 0.15) is 10.4 Å². The summed E-state index contributed by atoms with van der Waals surface area (Å²) in [5.74, 6) is 1.60. The summed E-state index contributed by atoms with van der Waals surface area (Å²) in [6, 6.07) is 19.6. The van der Waals surface area contributed by atoms with E-state index in [1.807, 2.05) is 64.0 Å². The van der Waals surface area contributed by atoms with Crippen LogP contribution in [0.2, 0.25) is 0 Å². The van der Waals surface area contributed by atoms with Crippen molar-refractivity contribution in [3.05, 3.63) is 76.9 Å². The molecule has 2 aromatic carbocycles. The van der Waals surface area contributed by atoms with E-state index in [-0.39, 0.29) is 5.91 Å². The molecule has 5 rings (SSSR count). The van der Waals surface area contributed by atoms with Crippen LogP contribution in [0.4, 0.5) is 5.69 Å². The molecule has 4 aromatic rings. The lowest BCUT2D eigenvalue weighted by Gasteiger charge is -2.36. The van der Waals surface area contributed by atoms with Gasteiger partial charge in [0.25, 0.3) is 5.91 Å². The number of nitrogens with zero attached hydrogens (tertiary/aromatic N) is 5. The number of hydrogen-bond donors (Lipinski definition) is 0. The fourth-order valence-electron chi connectivity index (χ4n) is 3.99. The number of hydrogen-bond acceptors (Lipinski definition) is 5. The summed E-state index contributed by atoms with van der Waals surface area (Å²) in [5.41, 5.74) is 3.37. The molecule has 0 saturated carbocycles. The van der Waals surface area contributed by atoms with Crippen molar-refractivity contribution in [3.63, 3.8) is 0 Å². The summed E-state index contributed by atoms with van der Waals surface area (Å²) in [6.07, 6.45) is 1.87. The van der Waals surface area contributed by atoms with E-state index in [4.69, 9.17) is 4.74 Å². The van der Waals surface area contributed by atoms with E-state index in [9.17, 15) is 4.79 Å². The largest absolute Gasteiger partial charge is 0.497 e. The molecule has 0 spiro atoms. The molecular weight excluding hydrogens is 470 g/mol. The maximum atomic E-state index is 13.1. The minimum Gasteiger partial charge on any atom is -0.497 e. The van der Waals surface area contributed by atoms with Crippen LogP contribution in [-0.2, 0) is 0 Å². The molecule has 0 atom stereocenters. The number of carbonyl (C=O) groups is 1. The van der Waals surface area contributed by atoms with Gasteiger partial charge in [-0.05, 0) is 42.5 Å². The van der Waals surface area contributed by atoms with Crippen LogP contribution >= 0.6 is 15.9 Å². The maximum absolute atomic E-state index is 13.1. The van der Waals surface area contributed by atoms with Crippen molar-refractivity contribution in [2.45, 2.75) is 0 Å². The highest BCUT2D eigenvalue weighted by atomic mass is 79.9. The van der Waals surface area contributed by atoms with Gasteiger partial charge in [-0.3, -0.25) is 9.20 Å². The second kappa shape index (κ2) is 8.63. The first-order chi connectivity index (χ1) is 15.6. The minimum atomic E-state index is 0.0207. The number of halogens is 1. The minimum absolute atomic E-state index is 0.0207. The van der Waals surface area contributed by atoms with Crippen LogP contribution in [0.3, 0.4) is 0 Å². The van der Waals surface area contributed by atoms with Crippen molar-refractivity contribution in [3.8, 4) is 17.1 Å². The number of fused-ring (bicyclic) bond motifs is 1. The third-order valence-corrected chi connectivity index (χ3v) is 6.47. The van der Waals surface area contributed by atoms with Gasteiger partial charge in [0.2, 0.25) is 0 Å². The normalized spacial score (nSPS) is 14.1. The number of ether oxygens (including phenoxy) is 1. The van der Waals surface area contributed by atoms with E-state index < -0.39 is 0 Å². The molecule has 1 saturated heterocycles. The Morgan fingerprint density at radius 3 is 2.44 bits per heavy atom. The zero-order chi connectivity index (χ0) is 22.1. The molecule has 162 valence electrons. The van der Waals surface area contributed by atoms with Gasteiger partial charge < -0.3 is 14.5 Å². The quantitative estimate of drug-likeness (QED) is 0.429. The van der Waals surface area contributed by atoms with Crippen molar-refractivity contribution < 1.29 is 9.53 Å². The first-order valence-electron chi connectivity index (χ1n) is 10.4. The summed E-state index contributed by atoms with van der Waals surface area (Å²) in [4.78, 5) is 17.3. The first-order valence-corrected chi connectivity index (χ1v) is 11.2. The van der Waals surface area contributed by atoms with Gasteiger partial charge in [0.15, 0.2) is 11.5 Å². The number of carbonyl (C=O) groups excluding carboxylic acids is 1. The molecule has 8 heteroatoms. The molecular formula is C24H22BrN5O2. The van der Waals surface area contributed by atoms with Crippen molar-refractivity contribution in [1.82, 2.24) is 19.5 Å². The number of methoxy groups -OCH3 is 1. The number of benzene rings is 2. The molecule has 0 aliphatic carbocycles. The number of piperazine rings is 1. The fraction of sp³-hybridized carbons (Fsp3) is 0.208. The maximum Gasteiger partial charge on any atom is 0.254 e. The van der Waals surface area contributed by atoms with Gasteiger partial charge in [0.1, 0.15) is 5.75 Å². The molecule has 1 amide bonds. The van der Waals surface area contributed by atoms with E-state index in [1.165, 1.54) is 0 Å². The van der Waals surface area contributed by atoms with Gasteiger partial charge in [-0.2, -0.15) is 0 Å². The van der Waals surface area contributed by atoms with Crippen LogP contribution in [0, 0.1) is 0 Å². The molecule has 7 nitrogen and oxygen atoms in total. The SMILES string of the molecule is COc1ccc(N2CCN(C(=O)c3ccn4c(-c5ccccc5Br)nnc4c3)CC2)cc1. The zero-order valence-corrected chi connectivity index (χ0v) is 19.2. The van der Waals surface area contributed by atoms with Crippen molar-refractivity contribution in [1.29, 1.82) is 0 Å². The summed E-state index contributed by atoms with van der Waals surface area (Å²) < 4.78 is 8.08. The highest BCUT2D eigenvalue weighted by Crippen LogP contribution is 2.27. The fourth-order valence-corrected chi connectivity index (χ4v) is 4.46. The van der Waals surface area contributed by atoms with E-state index in [2.05, 4.69) is 43.2 Å². The Hall–Kier alpha value is -3.39. The van der Waals surface area contributed by atoms with Crippen molar-refractivity contribution >= 4 is 33.2 Å². The van der Waals surface area contributed by atoms with E-state index in [1.54, 1.807) is 7.11 Å². The Balaban J connectivity index is 1.30. The summed E-state index contributed by atoms with van der Waals surface area (Å²) in [5, 5.41) is 8.63. The second-order valence-corrected chi connectivity index (χ2v) is 8.48. The Morgan fingerprint density at radius 1 is 0.969 bits per heavy atom. The van der Waals surface area contributed by atoms with E-state index >= 15 is 0 Å². The monoisotopic (exact) mass is 491 g/mol. The lowest BCUT2D eigenvalue weighted by molar-refractivity contribution is 0.0747. The summed E-state index contributed by atoms with van der Waals surface area (Å²) >= 11 is 3.57. The Bertz CT molecular complexity index is 1260. The van der Waals surface area contributed by atoms with Crippen LogP contribution in [0.5, 0.6) is 5.75 Å². The molecule has 2 aromatic heterocycles. The molecule has 0 bridgehead atoms. The molecule has 3 heterocycles. The smallest absolute Gasteiger partial charge is 0.254 e. The molecule has 0 N–H and O–H groups in total. The average Bonchev–Trinajstić information content (AvgIpc) is 3.27. The molecule has 32 heavy (non-hydrogen) atoms. The van der Waals surface area contributed by atoms with E-state index in [0.717, 1.165) is 40.4 Å². The number of aromatic nitrogens is 3. The van der Waals surface area contributed by atoms with Gasteiger partial charge in [0.05, 0.1) is 7.11 Å². The van der Waals surface area contributed by atoms with Gasteiger partial charge in [-0.1, -0.05) is 34.1 Å². The van der Waals surface area contributed by atoms with Crippen LogP contribution in [0.25, 0.3) is 17.0 Å². The first kappa shape index (κ1) is 20.5. The predicted molar refractivity (Wildman–Crippen MR) is 127 cm³/mol. The predicted octanol–water partition coefficient (Wildman–Crippen LogP) is 4.13. The van der Waals surface area contributed by atoms with Gasteiger partial charge >= 0.3 is 0 Å². The summed E-state index contributed by atoms with van der Waals surface area (Å²) in [6.45, 7) is 2.92. The van der Waals surface area contributed by atoms with Gasteiger partial charge in [-0.25, -0.2) is 0 Å². The average molecular weight is 492 g/mol. The van der Waals surface area contributed by atoms with Crippen LogP contribution in [-0.4, -0.2) is 58.7 Å². The lowest BCUT2D eigenvalue weighted by Crippen LogP contribution is -2.48. The molecule has 0 unspecified atom stereocenters. The second-order valence-electron chi connectivity index (χ2n) is 7.62. The number of pyridine rings is 1. The van der Waals surface area contributed by atoms with Crippen molar-refractivity contribution in [2.24, 2.45) is 0 Å². The van der Waals surface area contributed by atoms with Crippen molar-refractivity contribution in [2.75, 3.05) is 38.2 Å². The standard InChI is InChI=1S/C24H22BrN5O2/c1-32-19-8-6-18(7-9-19)28-12-14-29(15-13-28)24(31)17-10-11-30-22(16-17)26-27-23(30)20-4-2-3-5-21(20)25/h2-11,16H,12-15H2,1H3. The number of amides is 1. The molecule has 1 aliphatic heterocycles. The number of anilines is 1. The highest BCUT2D eigenvalue weighted by molar-refractivity contribution is 9.10. The molecule has 1 aliphatic rings. The van der Waals surface area contributed by atoms with Gasteiger partial charge in [-0.15, -0.1) is 10.2 Å².